The van der Waals surface area contributed by atoms with Crippen LogP contribution in [-0.4, -0.2) is 35.4 Å². The van der Waals surface area contributed by atoms with Gasteiger partial charge in [-0.15, -0.1) is 10.2 Å². The van der Waals surface area contributed by atoms with E-state index in [4.69, 9.17) is 22.1 Å². The smallest absolute Gasteiger partial charge is 0.243 e. The maximum atomic E-state index is 12.3. The van der Waals surface area contributed by atoms with Crippen LogP contribution in [0.5, 0.6) is 0 Å². The number of anilines is 1. The van der Waals surface area contributed by atoms with E-state index in [1.807, 2.05) is 12.1 Å². The Labute approximate surface area is 143 Å². The van der Waals surface area contributed by atoms with Crippen LogP contribution in [0.2, 0.25) is 5.02 Å². The zero-order chi connectivity index (χ0) is 16.2. The molecule has 1 amide bonds. The molecule has 2 heterocycles. The Hall–Kier alpha value is -1.54. The standard InChI is InChI=1S/C15H17ClN4O2S/c16-11-3-1-2-10(8-11)14-19-20-15(23-14)18-13(21)12(17)9-4-6-22-7-5-9/h1-3,8-9,12H,4-7,17H2,(H,18,20,21). The molecule has 6 nitrogen and oxygen atoms in total. The predicted octanol–water partition coefficient (Wildman–Crippen LogP) is 2.55. The molecule has 1 unspecified atom stereocenters. The molecule has 2 aromatic rings. The first kappa shape index (κ1) is 16.3. The Kier molecular flexibility index (Phi) is 5.22. The highest BCUT2D eigenvalue weighted by Crippen LogP contribution is 2.28. The Bertz CT molecular complexity index is 688. The second-order valence-corrected chi connectivity index (χ2v) is 6.80. The highest BCUT2D eigenvalue weighted by Gasteiger charge is 2.27. The number of carbonyl (C=O) groups is 1. The lowest BCUT2D eigenvalue weighted by Crippen LogP contribution is -2.43. The minimum atomic E-state index is -0.558. The van der Waals surface area contributed by atoms with Gasteiger partial charge in [0.15, 0.2) is 0 Å². The third-order valence-corrected chi connectivity index (χ3v) is 4.93. The quantitative estimate of drug-likeness (QED) is 0.882. The summed E-state index contributed by atoms with van der Waals surface area (Å²) in [6, 6.07) is 6.78. The van der Waals surface area contributed by atoms with Crippen molar-refractivity contribution in [3.8, 4) is 10.6 Å². The number of carbonyl (C=O) groups excluding carboxylic acids is 1. The number of nitrogens with two attached hydrogens (primary N) is 1. The third-order valence-electron chi connectivity index (χ3n) is 3.80. The number of hydrogen-bond donors (Lipinski definition) is 2. The monoisotopic (exact) mass is 352 g/mol. The largest absolute Gasteiger partial charge is 0.381 e. The van der Waals surface area contributed by atoms with Gasteiger partial charge in [0.1, 0.15) is 5.01 Å². The highest BCUT2D eigenvalue weighted by molar-refractivity contribution is 7.18. The van der Waals surface area contributed by atoms with Crippen LogP contribution in [0.4, 0.5) is 5.13 Å². The summed E-state index contributed by atoms with van der Waals surface area (Å²) in [5, 5.41) is 12.6. The van der Waals surface area contributed by atoms with E-state index in [-0.39, 0.29) is 11.8 Å². The predicted molar refractivity (Wildman–Crippen MR) is 90.5 cm³/mol. The number of amides is 1. The van der Waals surface area contributed by atoms with Crippen molar-refractivity contribution >= 4 is 34.0 Å². The number of benzene rings is 1. The molecule has 1 fully saturated rings. The summed E-state index contributed by atoms with van der Waals surface area (Å²) in [5.74, 6) is -0.0882. The molecule has 8 heteroatoms. The van der Waals surface area contributed by atoms with Gasteiger partial charge in [-0.05, 0) is 30.9 Å². The maximum absolute atomic E-state index is 12.3. The Balaban J connectivity index is 1.65. The van der Waals surface area contributed by atoms with Crippen molar-refractivity contribution in [1.82, 2.24) is 10.2 Å². The van der Waals surface area contributed by atoms with E-state index in [1.165, 1.54) is 11.3 Å². The maximum Gasteiger partial charge on any atom is 0.243 e. The van der Waals surface area contributed by atoms with E-state index in [9.17, 15) is 4.79 Å². The lowest BCUT2D eigenvalue weighted by molar-refractivity contribution is -0.119. The molecule has 1 aromatic carbocycles. The van der Waals surface area contributed by atoms with Crippen molar-refractivity contribution in [2.45, 2.75) is 18.9 Å². The molecule has 1 saturated heterocycles. The molecule has 3 N–H and O–H groups in total. The van der Waals surface area contributed by atoms with E-state index < -0.39 is 6.04 Å². The van der Waals surface area contributed by atoms with Gasteiger partial charge in [-0.25, -0.2) is 0 Å². The molecular formula is C15H17ClN4O2S. The molecule has 3 rings (SSSR count). The van der Waals surface area contributed by atoms with E-state index in [1.54, 1.807) is 12.1 Å². The summed E-state index contributed by atoms with van der Waals surface area (Å²) in [5.41, 5.74) is 6.91. The fraction of sp³-hybridized carbons (Fsp3) is 0.400. The minimum Gasteiger partial charge on any atom is -0.381 e. The van der Waals surface area contributed by atoms with Gasteiger partial charge in [0.2, 0.25) is 11.0 Å². The van der Waals surface area contributed by atoms with Gasteiger partial charge >= 0.3 is 0 Å². The Morgan fingerprint density at radius 3 is 2.91 bits per heavy atom. The molecule has 0 bridgehead atoms. The van der Waals surface area contributed by atoms with Gasteiger partial charge in [-0.2, -0.15) is 0 Å². The normalized spacial score (nSPS) is 17.0. The van der Waals surface area contributed by atoms with Crippen molar-refractivity contribution in [1.29, 1.82) is 0 Å². The molecule has 1 aromatic heterocycles. The van der Waals surface area contributed by atoms with Gasteiger partial charge in [-0.3, -0.25) is 10.1 Å². The van der Waals surface area contributed by atoms with Crippen molar-refractivity contribution in [2.24, 2.45) is 11.7 Å². The first-order valence-corrected chi connectivity index (χ1v) is 8.56. The van der Waals surface area contributed by atoms with Crippen LogP contribution >= 0.6 is 22.9 Å². The molecule has 122 valence electrons. The highest BCUT2D eigenvalue weighted by atomic mass is 35.5. The lowest BCUT2D eigenvalue weighted by atomic mass is 9.92. The third kappa shape index (κ3) is 4.06. The van der Waals surface area contributed by atoms with Crippen molar-refractivity contribution in [2.75, 3.05) is 18.5 Å². The van der Waals surface area contributed by atoms with Crippen LogP contribution in [0.15, 0.2) is 24.3 Å². The van der Waals surface area contributed by atoms with Gasteiger partial charge in [-0.1, -0.05) is 35.1 Å². The molecule has 0 aliphatic carbocycles. The minimum absolute atomic E-state index is 0.143. The number of nitrogens with zero attached hydrogens (tertiary/aromatic N) is 2. The molecule has 1 aliphatic rings. The number of aromatic nitrogens is 2. The Morgan fingerprint density at radius 1 is 1.39 bits per heavy atom. The second-order valence-electron chi connectivity index (χ2n) is 5.39. The molecule has 0 spiro atoms. The number of ether oxygens (including phenoxy) is 1. The van der Waals surface area contributed by atoms with Gasteiger partial charge in [0.25, 0.3) is 0 Å². The first-order valence-electron chi connectivity index (χ1n) is 7.37. The van der Waals surface area contributed by atoms with Crippen LogP contribution in [-0.2, 0) is 9.53 Å². The summed E-state index contributed by atoms with van der Waals surface area (Å²) >= 11 is 7.27. The lowest BCUT2D eigenvalue weighted by Gasteiger charge is -2.26. The molecule has 23 heavy (non-hydrogen) atoms. The van der Waals surface area contributed by atoms with Gasteiger partial charge < -0.3 is 10.5 Å². The van der Waals surface area contributed by atoms with Crippen LogP contribution < -0.4 is 11.1 Å². The number of hydrogen-bond acceptors (Lipinski definition) is 6. The average molecular weight is 353 g/mol. The van der Waals surface area contributed by atoms with Crippen molar-refractivity contribution in [3.63, 3.8) is 0 Å². The summed E-state index contributed by atoms with van der Waals surface area (Å²) in [6.07, 6.45) is 1.61. The number of rotatable bonds is 4. The molecular weight excluding hydrogens is 336 g/mol. The van der Waals surface area contributed by atoms with Gasteiger partial charge in [0.05, 0.1) is 6.04 Å². The second kappa shape index (κ2) is 7.35. The van der Waals surface area contributed by atoms with Crippen molar-refractivity contribution in [3.05, 3.63) is 29.3 Å². The summed E-state index contributed by atoms with van der Waals surface area (Å²) in [6.45, 7) is 1.31. The summed E-state index contributed by atoms with van der Waals surface area (Å²) in [7, 11) is 0. The van der Waals surface area contributed by atoms with Crippen molar-refractivity contribution < 1.29 is 9.53 Å². The number of nitrogens with one attached hydrogen (secondary N) is 1. The molecule has 1 atom stereocenters. The van der Waals surface area contributed by atoms with Crippen LogP contribution in [0.3, 0.4) is 0 Å². The first-order chi connectivity index (χ1) is 11.1. The summed E-state index contributed by atoms with van der Waals surface area (Å²) < 4.78 is 5.29. The number of halogens is 1. The fourth-order valence-electron chi connectivity index (χ4n) is 2.49. The zero-order valence-corrected chi connectivity index (χ0v) is 13.9. The molecule has 1 aliphatic heterocycles. The topological polar surface area (TPSA) is 90.1 Å². The Morgan fingerprint density at radius 2 is 2.17 bits per heavy atom. The molecule has 0 saturated carbocycles. The van der Waals surface area contributed by atoms with Crippen LogP contribution in [0, 0.1) is 5.92 Å². The fourth-order valence-corrected chi connectivity index (χ4v) is 3.42. The SMILES string of the molecule is NC(C(=O)Nc1nnc(-c2cccc(Cl)c2)s1)C1CCOCC1. The van der Waals surface area contributed by atoms with Crippen LogP contribution in [0.1, 0.15) is 12.8 Å². The van der Waals surface area contributed by atoms with E-state index in [0.29, 0.717) is 28.4 Å². The molecule has 0 radical (unpaired) electrons. The average Bonchev–Trinajstić information content (AvgIpc) is 3.03. The van der Waals surface area contributed by atoms with Gasteiger partial charge in [0, 0.05) is 23.8 Å². The van der Waals surface area contributed by atoms with E-state index >= 15 is 0 Å². The van der Waals surface area contributed by atoms with E-state index in [0.717, 1.165) is 18.4 Å². The van der Waals surface area contributed by atoms with E-state index in [2.05, 4.69) is 15.5 Å². The zero-order valence-electron chi connectivity index (χ0n) is 12.4. The van der Waals surface area contributed by atoms with Crippen LogP contribution in [0.25, 0.3) is 10.6 Å². The summed E-state index contributed by atoms with van der Waals surface area (Å²) in [4.78, 5) is 12.3.